The Morgan fingerprint density at radius 2 is 1.91 bits per heavy atom. The molecule has 0 bridgehead atoms. The SMILES string of the molecule is C=CC(F)CC(F)(F)C(C)F. The van der Waals surface area contributed by atoms with Crippen molar-refractivity contribution in [2.75, 3.05) is 0 Å². The molecule has 11 heavy (non-hydrogen) atoms. The Hall–Kier alpha value is -0.540. The molecule has 0 saturated carbocycles. The van der Waals surface area contributed by atoms with E-state index >= 15 is 0 Å². The van der Waals surface area contributed by atoms with Gasteiger partial charge in [0.25, 0.3) is 5.92 Å². The van der Waals surface area contributed by atoms with E-state index in [0.717, 1.165) is 6.08 Å². The summed E-state index contributed by atoms with van der Waals surface area (Å²) in [6.07, 6.45) is -4.56. The molecular weight excluding hydrogens is 160 g/mol. The summed E-state index contributed by atoms with van der Waals surface area (Å²) in [5, 5.41) is 0. The Kier molecular flexibility index (Phi) is 3.55. The first-order valence-electron chi connectivity index (χ1n) is 3.18. The first kappa shape index (κ1) is 10.5. The third-order valence-electron chi connectivity index (χ3n) is 1.30. The van der Waals surface area contributed by atoms with Crippen LogP contribution in [0.4, 0.5) is 17.6 Å². The summed E-state index contributed by atoms with van der Waals surface area (Å²) < 4.78 is 48.9. The molecule has 0 aromatic heterocycles. The molecule has 0 aliphatic rings. The van der Waals surface area contributed by atoms with E-state index in [1.54, 1.807) is 0 Å². The average molecular weight is 170 g/mol. The second-order valence-corrected chi connectivity index (χ2v) is 2.33. The lowest BCUT2D eigenvalue weighted by molar-refractivity contribution is -0.0808. The maximum Gasteiger partial charge on any atom is 0.281 e. The van der Waals surface area contributed by atoms with Crippen LogP contribution in [-0.2, 0) is 0 Å². The number of alkyl halides is 4. The molecule has 0 fully saturated rings. The number of halogens is 4. The largest absolute Gasteiger partial charge is 0.281 e. The van der Waals surface area contributed by atoms with E-state index in [0.29, 0.717) is 6.92 Å². The van der Waals surface area contributed by atoms with Gasteiger partial charge in [-0.05, 0) is 6.92 Å². The molecule has 0 spiro atoms. The highest BCUT2D eigenvalue weighted by atomic mass is 19.3. The molecule has 0 aliphatic carbocycles. The first-order valence-corrected chi connectivity index (χ1v) is 3.18. The van der Waals surface area contributed by atoms with Crippen molar-refractivity contribution in [2.45, 2.75) is 31.6 Å². The van der Waals surface area contributed by atoms with Crippen molar-refractivity contribution in [1.29, 1.82) is 0 Å². The van der Waals surface area contributed by atoms with Gasteiger partial charge >= 0.3 is 0 Å². The summed E-state index contributed by atoms with van der Waals surface area (Å²) in [7, 11) is 0. The number of hydrogen-bond donors (Lipinski definition) is 0. The smallest absolute Gasteiger partial charge is 0.243 e. The maximum absolute atomic E-state index is 12.3. The van der Waals surface area contributed by atoms with Gasteiger partial charge in [0.2, 0.25) is 0 Å². The number of allylic oxidation sites excluding steroid dienone is 1. The van der Waals surface area contributed by atoms with Crippen molar-refractivity contribution in [3.63, 3.8) is 0 Å². The number of hydrogen-bond acceptors (Lipinski definition) is 0. The highest BCUT2D eigenvalue weighted by Gasteiger charge is 2.38. The standard InChI is InChI=1S/C7H10F4/c1-3-6(9)4-7(10,11)5(2)8/h3,5-6H,1,4H2,2H3. The molecule has 66 valence electrons. The zero-order valence-corrected chi connectivity index (χ0v) is 6.16. The number of rotatable bonds is 4. The second kappa shape index (κ2) is 3.74. The van der Waals surface area contributed by atoms with E-state index in [2.05, 4.69) is 6.58 Å². The molecule has 0 N–H and O–H groups in total. The minimum Gasteiger partial charge on any atom is -0.243 e. The van der Waals surface area contributed by atoms with E-state index in [9.17, 15) is 17.6 Å². The molecule has 0 radical (unpaired) electrons. The van der Waals surface area contributed by atoms with Crippen molar-refractivity contribution in [2.24, 2.45) is 0 Å². The van der Waals surface area contributed by atoms with Crippen molar-refractivity contribution < 1.29 is 17.6 Å². The fourth-order valence-corrected chi connectivity index (χ4v) is 0.506. The Bertz CT molecular complexity index is 130. The van der Waals surface area contributed by atoms with Crippen LogP contribution >= 0.6 is 0 Å². The van der Waals surface area contributed by atoms with Gasteiger partial charge < -0.3 is 0 Å². The van der Waals surface area contributed by atoms with Gasteiger partial charge in [-0.1, -0.05) is 6.08 Å². The highest BCUT2D eigenvalue weighted by molar-refractivity contribution is 4.86. The summed E-state index contributed by atoms with van der Waals surface area (Å²) in [6.45, 7) is 3.68. The van der Waals surface area contributed by atoms with Crippen molar-refractivity contribution in [3.8, 4) is 0 Å². The van der Waals surface area contributed by atoms with E-state index in [4.69, 9.17) is 0 Å². The van der Waals surface area contributed by atoms with Gasteiger partial charge in [0.1, 0.15) is 6.17 Å². The van der Waals surface area contributed by atoms with E-state index in [1.165, 1.54) is 0 Å². The van der Waals surface area contributed by atoms with Crippen LogP contribution in [0.25, 0.3) is 0 Å². The van der Waals surface area contributed by atoms with E-state index in [1.807, 2.05) is 0 Å². The lowest BCUT2D eigenvalue weighted by Gasteiger charge is -2.17. The van der Waals surface area contributed by atoms with Crippen LogP contribution in [0.15, 0.2) is 12.7 Å². The Balaban J connectivity index is 4.00. The van der Waals surface area contributed by atoms with Crippen LogP contribution in [0.3, 0.4) is 0 Å². The molecule has 4 heteroatoms. The van der Waals surface area contributed by atoms with Gasteiger partial charge in [-0.25, -0.2) is 17.6 Å². The Labute approximate surface area is 62.9 Å². The fourth-order valence-electron chi connectivity index (χ4n) is 0.506. The maximum atomic E-state index is 12.3. The molecule has 0 nitrogen and oxygen atoms in total. The topological polar surface area (TPSA) is 0 Å². The van der Waals surface area contributed by atoms with Gasteiger partial charge in [0, 0.05) is 6.42 Å². The van der Waals surface area contributed by atoms with Gasteiger partial charge in [0.05, 0.1) is 0 Å². The molecule has 2 atom stereocenters. The average Bonchev–Trinajstić information content (AvgIpc) is 1.86. The van der Waals surface area contributed by atoms with Crippen LogP contribution in [0.2, 0.25) is 0 Å². The Morgan fingerprint density at radius 1 is 1.45 bits per heavy atom. The predicted octanol–water partition coefficient (Wildman–Crippen LogP) is 2.89. The van der Waals surface area contributed by atoms with Gasteiger partial charge in [0.15, 0.2) is 6.17 Å². The summed E-state index contributed by atoms with van der Waals surface area (Å²) in [6, 6.07) is 0. The Morgan fingerprint density at radius 3 is 2.18 bits per heavy atom. The van der Waals surface area contributed by atoms with E-state index < -0.39 is 24.7 Å². The molecule has 0 aromatic carbocycles. The van der Waals surface area contributed by atoms with Gasteiger partial charge in [-0.15, -0.1) is 6.58 Å². The van der Waals surface area contributed by atoms with Gasteiger partial charge in [-0.2, -0.15) is 0 Å². The zero-order chi connectivity index (χ0) is 9.07. The molecule has 0 aromatic rings. The lowest BCUT2D eigenvalue weighted by atomic mass is 10.1. The minimum absolute atomic E-state index is 0.704. The van der Waals surface area contributed by atoms with Crippen LogP contribution < -0.4 is 0 Å². The summed E-state index contributed by atoms with van der Waals surface area (Å²) in [5.41, 5.74) is 0. The fraction of sp³-hybridized carbons (Fsp3) is 0.714. The molecular formula is C7H10F4. The van der Waals surface area contributed by atoms with Crippen molar-refractivity contribution in [3.05, 3.63) is 12.7 Å². The van der Waals surface area contributed by atoms with Crippen LogP contribution in [0.5, 0.6) is 0 Å². The normalized spacial score (nSPS) is 17.5. The summed E-state index contributed by atoms with van der Waals surface area (Å²) in [4.78, 5) is 0. The molecule has 0 rings (SSSR count). The molecule has 0 heterocycles. The van der Waals surface area contributed by atoms with Crippen LogP contribution in [0, 0.1) is 0 Å². The lowest BCUT2D eigenvalue weighted by Crippen LogP contribution is -2.30. The highest BCUT2D eigenvalue weighted by Crippen LogP contribution is 2.27. The van der Waals surface area contributed by atoms with Crippen molar-refractivity contribution in [1.82, 2.24) is 0 Å². The molecule has 0 saturated heterocycles. The van der Waals surface area contributed by atoms with Crippen LogP contribution in [-0.4, -0.2) is 18.3 Å². The second-order valence-electron chi connectivity index (χ2n) is 2.33. The van der Waals surface area contributed by atoms with Crippen LogP contribution in [0.1, 0.15) is 13.3 Å². The van der Waals surface area contributed by atoms with E-state index in [-0.39, 0.29) is 0 Å². The first-order chi connectivity index (χ1) is 4.90. The molecule has 2 unspecified atom stereocenters. The van der Waals surface area contributed by atoms with Crippen molar-refractivity contribution >= 4 is 0 Å². The third-order valence-corrected chi connectivity index (χ3v) is 1.30. The molecule has 0 amide bonds. The third kappa shape index (κ3) is 3.39. The monoisotopic (exact) mass is 170 g/mol. The summed E-state index contributed by atoms with van der Waals surface area (Å²) >= 11 is 0. The summed E-state index contributed by atoms with van der Waals surface area (Å²) in [5.74, 6) is -3.59. The van der Waals surface area contributed by atoms with Gasteiger partial charge in [-0.3, -0.25) is 0 Å². The zero-order valence-electron chi connectivity index (χ0n) is 6.16. The molecule has 0 aliphatic heterocycles. The minimum atomic E-state index is -3.59. The quantitative estimate of drug-likeness (QED) is 0.449. The predicted molar refractivity (Wildman–Crippen MR) is 35.2 cm³/mol.